The summed E-state index contributed by atoms with van der Waals surface area (Å²) in [6.07, 6.45) is 6.55. The van der Waals surface area contributed by atoms with Gasteiger partial charge in [-0.05, 0) is 85.4 Å². The van der Waals surface area contributed by atoms with Crippen molar-refractivity contribution in [3.63, 3.8) is 0 Å². The normalized spacial score (nSPS) is 24.9. The van der Waals surface area contributed by atoms with Gasteiger partial charge in [-0.25, -0.2) is 0 Å². The minimum Gasteiger partial charge on any atom is -0.393 e. The largest absolute Gasteiger partial charge is 0.393 e. The van der Waals surface area contributed by atoms with Gasteiger partial charge in [0.15, 0.2) is 0 Å². The summed E-state index contributed by atoms with van der Waals surface area (Å²) in [4.78, 5) is 5.32. The molecule has 2 nitrogen and oxygen atoms in total. The average Bonchev–Trinajstić information content (AvgIpc) is 2.74. The summed E-state index contributed by atoms with van der Waals surface area (Å²) in [5, 5.41) is 10.6. The van der Waals surface area contributed by atoms with Crippen LogP contribution in [0.3, 0.4) is 0 Å². The number of rotatable bonds is 2. The predicted octanol–water partition coefficient (Wildman–Crippen LogP) is 6.25. The Morgan fingerprint density at radius 2 is 1.66 bits per heavy atom. The molecule has 0 spiro atoms. The first-order valence-corrected chi connectivity index (χ1v) is 12.1. The molecule has 0 unspecified atom stereocenters. The lowest BCUT2D eigenvalue weighted by Crippen LogP contribution is -2.36. The van der Waals surface area contributed by atoms with Crippen molar-refractivity contribution in [1.29, 1.82) is 0 Å². The van der Waals surface area contributed by atoms with Crippen LogP contribution in [0.4, 0.5) is 0 Å². The summed E-state index contributed by atoms with van der Waals surface area (Å²) in [7, 11) is 0. The molecule has 2 aliphatic heterocycles. The average molecular weight is 426 g/mol. The molecule has 2 aromatic carbocycles. The SMILES string of the molecule is O[C@H]1CC[C@@H](CN2CCC(=C3c4ccccc4Sc4ccc(Cl)cc43)CC2)CC1. The monoisotopic (exact) mass is 425 g/mol. The van der Waals surface area contributed by atoms with Gasteiger partial charge in [-0.15, -0.1) is 0 Å². The molecule has 0 aromatic heterocycles. The van der Waals surface area contributed by atoms with Gasteiger partial charge in [-0.2, -0.15) is 0 Å². The molecule has 5 rings (SSSR count). The maximum Gasteiger partial charge on any atom is 0.0540 e. The molecule has 0 radical (unpaired) electrons. The second-order valence-electron chi connectivity index (χ2n) is 8.69. The van der Waals surface area contributed by atoms with E-state index >= 15 is 0 Å². The molecular weight excluding hydrogens is 398 g/mol. The van der Waals surface area contributed by atoms with Crippen LogP contribution in [0, 0.1) is 5.92 Å². The van der Waals surface area contributed by atoms with E-state index in [1.807, 2.05) is 17.8 Å². The van der Waals surface area contributed by atoms with Gasteiger partial charge >= 0.3 is 0 Å². The highest BCUT2D eigenvalue weighted by Crippen LogP contribution is 2.48. The molecule has 0 atom stereocenters. The topological polar surface area (TPSA) is 23.5 Å². The van der Waals surface area contributed by atoms with Crippen molar-refractivity contribution in [3.05, 3.63) is 64.2 Å². The summed E-state index contributed by atoms with van der Waals surface area (Å²) in [5.41, 5.74) is 5.69. The molecule has 1 N–H and O–H groups in total. The third-order valence-corrected chi connectivity index (χ3v) is 8.12. The first kappa shape index (κ1) is 19.7. The third-order valence-electron chi connectivity index (χ3n) is 6.73. The van der Waals surface area contributed by atoms with Gasteiger partial charge in [0.05, 0.1) is 6.10 Å². The Morgan fingerprint density at radius 3 is 2.45 bits per heavy atom. The van der Waals surface area contributed by atoms with Crippen LogP contribution in [0.15, 0.2) is 57.8 Å². The number of hydrogen-bond acceptors (Lipinski definition) is 3. The highest BCUT2D eigenvalue weighted by molar-refractivity contribution is 7.99. The van der Waals surface area contributed by atoms with Crippen LogP contribution in [-0.4, -0.2) is 35.7 Å². The summed E-state index contributed by atoms with van der Waals surface area (Å²) in [6, 6.07) is 15.1. The lowest BCUT2D eigenvalue weighted by Gasteiger charge is -2.35. The Kier molecular flexibility index (Phi) is 5.75. The van der Waals surface area contributed by atoms with Gasteiger partial charge in [0.2, 0.25) is 0 Å². The van der Waals surface area contributed by atoms with Crippen LogP contribution in [-0.2, 0) is 0 Å². The zero-order valence-corrected chi connectivity index (χ0v) is 18.3. The number of halogens is 1. The number of aliphatic hydroxyl groups is 1. The number of hydrogen-bond donors (Lipinski definition) is 1. The number of aliphatic hydroxyl groups excluding tert-OH is 1. The molecule has 152 valence electrons. The second-order valence-corrected chi connectivity index (χ2v) is 10.2. The van der Waals surface area contributed by atoms with Gasteiger partial charge in [0.25, 0.3) is 0 Å². The van der Waals surface area contributed by atoms with Crippen LogP contribution in [0.25, 0.3) is 5.57 Å². The number of piperidine rings is 1. The predicted molar refractivity (Wildman–Crippen MR) is 122 cm³/mol. The zero-order valence-electron chi connectivity index (χ0n) is 16.7. The molecule has 2 fully saturated rings. The molecule has 0 amide bonds. The third kappa shape index (κ3) is 4.16. The fourth-order valence-corrected chi connectivity index (χ4v) is 6.38. The van der Waals surface area contributed by atoms with Gasteiger partial charge in [-0.1, -0.05) is 47.1 Å². The van der Waals surface area contributed by atoms with Crippen molar-refractivity contribution in [1.82, 2.24) is 4.90 Å². The van der Waals surface area contributed by atoms with Crippen LogP contribution in [0.5, 0.6) is 0 Å². The fraction of sp³-hybridized carbons (Fsp3) is 0.440. The zero-order chi connectivity index (χ0) is 19.8. The maximum atomic E-state index is 9.76. The van der Waals surface area contributed by atoms with Gasteiger partial charge < -0.3 is 10.0 Å². The Labute approximate surface area is 183 Å². The number of fused-ring (bicyclic) bond motifs is 2. The fourth-order valence-electron chi connectivity index (χ4n) is 5.14. The Morgan fingerprint density at radius 1 is 0.931 bits per heavy atom. The molecule has 1 saturated carbocycles. The van der Waals surface area contributed by atoms with E-state index in [1.54, 1.807) is 5.57 Å². The molecular formula is C25H28ClNOS. The highest BCUT2D eigenvalue weighted by atomic mass is 35.5. The maximum absolute atomic E-state index is 9.76. The van der Waals surface area contributed by atoms with E-state index in [0.717, 1.165) is 49.7 Å². The van der Waals surface area contributed by atoms with Crippen molar-refractivity contribution in [3.8, 4) is 0 Å². The van der Waals surface area contributed by atoms with Crippen LogP contribution < -0.4 is 0 Å². The van der Waals surface area contributed by atoms with E-state index < -0.39 is 0 Å². The first-order chi connectivity index (χ1) is 14.2. The van der Waals surface area contributed by atoms with Crippen LogP contribution >= 0.6 is 23.4 Å². The summed E-state index contributed by atoms with van der Waals surface area (Å²) in [6.45, 7) is 3.48. The van der Waals surface area contributed by atoms with Crippen molar-refractivity contribution in [2.75, 3.05) is 19.6 Å². The number of nitrogens with zero attached hydrogens (tertiary/aromatic N) is 1. The Balaban J connectivity index is 1.39. The van der Waals surface area contributed by atoms with E-state index in [0.29, 0.717) is 0 Å². The Bertz CT molecular complexity index is 922. The quantitative estimate of drug-likeness (QED) is 0.524. The van der Waals surface area contributed by atoms with E-state index in [4.69, 9.17) is 11.6 Å². The summed E-state index contributed by atoms with van der Waals surface area (Å²) in [5.74, 6) is 0.763. The smallest absolute Gasteiger partial charge is 0.0540 e. The number of likely N-dealkylation sites (tertiary alicyclic amines) is 1. The number of benzene rings is 2. The van der Waals surface area contributed by atoms with E-state index in [1.165, 1.54) is 45.9 Å². The lowest BCUT2D eigenvalue weighted by atomic mass is 9.85. The minimum atomic E-state index is -0.0555. The first-order valence-electron chi connectivity index (χ1n) is 10.9. The van der Waals surface area contributed by atoms with E-state index in [2.05, 4.69) is 41.3 Å². The molecule has 2 heterocycles. The molecule has 1 saturated heterocycles. The summed E-state index contributed by atoms with van der Waals surface area (Å²) >= 11 is 8.25. The van der Waals surface area contributed by atoms with Crippen molar-refractivity contribution in [2.24, 2.45) is 5.92 Å². The molecule has 4 heteroatoms. The minimum absolute atomic E-state index is 0.0555. The van der Waals surface area contributed by atoms with Crippen molar-refractivity contribution < 1.29 is 5.11 Å². The lowest BCUT2D eigenvalue weighted by molar-refractivity contribution is 0.0923. The van der Waals surface area contributed by atoms with E-state index in [9.17, 15) is 5.11 Å². The summed E-state index contributed by atoms with van der Waals surface area (Å²) < 4.78 is 0. The standard InChI is InChI=1S/C25H28ClNOS/c26-19-7-10-24-22(15-19)25(21-3-1-2-4-23(21)29-24)18-11-13-27(14-12-18)16-17-5-8-20(28)9-6-17/h1-4,7,10,15,17,20,28H,5-6,8-9,11-14,16H2/t17-,20+. The van der Waals surface area contributed by atoms with Gasteiger partial charge in [-0.3, -0.25) is 0 Å². The van der Waals surface area contributed by atoms with Crippen molar-refractivity contribution in [2.45, 2.75) is 54.4 Å². The van der Waals surface area contributed by atoms with Gasteiger partial charge in [0.1, 0.15) is 0 Å². The molecule has 29 heavy (non-hydrogen) atoms. The molecule has 0 bridgehead atoms. The van der Waals surface area contributed by atoms with Crippen molar-refractivity contribution >= 4 is 28.9 Å². The van der Waals surface area contributed by atoms with Crippen LogP contribution in [0.1, 0.15) is 49.7 Å². The van der Waals surface area contributed by atoms with Gasteiger partial charge in [0, 0.05) is 34.4 Å². The molecule has 1 aliphatic carbocycles. The second kappa shape index (κ2) is 8.47. The molecule has 2 aromatic rings. The Hall–Kier alpha value is -1.26. The van der Waals surface area contributed by atoms with E-state index in [-0.39, 0.29) is 6.10 Å². The molecule has 3 aliphatic rings. The highest BCUT2D eigenvalue weighted by Gasteiger charge is 2.27. The van der Waals surface area contributed by atoms with Crippen LogP contribution in [0.2, 0.25) is 5.02 Å².